The molecule has 1 fully saturated rings. The third-order valence-electron chi connectivity index (χ3n) is 1.75. The van der Waals surface area contributed by atoms with Gasteiger partial charge in [-0.3, -0.25) is 0 Å². The Bertz CT molecular complexity index is 455. The maximum absolute atomic E-state index is 8.86. The average Bonchev–Trinajstić information content (AvgIpc) is 2.84. The Morgan fingerprint density at radius 1 is 1.27 bits per heavy atom. The second-order valence-corrected chi connectivity index (χ2v) is 4.24. The van der Waals surface area contributed by atoms with Gasteiger partial charge in [-0.2, -0.15) is 9.64 Å². The molecule has 0 aliphatic heterocycles. The molecular formula is C11H4BrN2S. The summed E-state index contributed by atoms with van der Waals surface area (Å²) in [5.74, 6) is 6.87. The van der Waals surface area contributed by atoms with E-state index in [9.17, 15) is 0 Å². The van der Waals surface area contributed by atoms with Crippen molar-refractivity contribution < 1.29 is 0 Å². The quantitative estimate of drug-likeness (QED) is 0.683. The molecule has 0 amide bonds. The fourth-order valence-corrected chi connectivity index (χ4v) is 2.27. The van der Waals surface area contributed by atoms with E-state index in [1.165, 1.54) is 11.5 Å². The summed E-state index contributed by atoms with van der Waals surface area (Å²) < 4.78 is 4.59. The van der Waals surface area contributed by atoms with Gasteiger partial charge < -0.3 is 0 Å². The minimum atomic E-state index is 0.513. The molecular weight excluding hydrogens is 272 g/mol. The lowest BCUT2D eigenvalue weighted by molar-refractivity contribution is 1.42. The molecule has 0 N–H and O–H groups in total. The number of nitrogens with zero attached hydrogens (tertiary/aromatic N) is 2. The number of aromatic nitrogens is 1. The Hall–Kier alpha value is -0.840. The van der Waals surface area contributed by atoms with Crippen LogP contribution in [-0.2, 0) is 0 Å². The predicted molar refractivity (Wildman–Crippen MR) is 61.9 cm³/mol. The molecule has 1 aliphatic rings. The van der Waals surface area contributed by atoms with Gasteiger partial charge in [0.25, 0.3) is 0 Å². The van der Waals surface area contributed by atoms with Crippen LogP contribution in [0.4, 0.5) is 0 Å². The van der Waals surface area contributed by atoms with Crippen LogP contribution in [0.15, 0.2) is 4.60 Å². The highest BCUT2D eigenvalue weighted by molar-refractivity contribution is 9.10. The topological polar surface area (TPSA) is 36.7 Å². The van der Waals surface area contributed by atoms with Crippen LogP contribution in [0.25, 0.3) is 0 Å². The number of hydrogen-bond acceptors (Lipinski definition) is 3. The molecule has 2 nitrogen and oxygen atoms in total. The summed E-state index contributed by atoms with van der Waals surface area (Å²) in [6.07, 6.45) is 7.71. The van der Waals surface area contributed by atoms with Gasteiger partial charge in [-0.05, 0) is 53.1 Å². The summed E-state index contributed by atoms with van der Waals surface area (Å²) in [6.45, 7) is 0. The average molecular weight is 276 g/mol. The maximum Gasteiger partial charge on any atom is 0.139 e. The van der Waals surface area contributed by atoms with Crippen molar-refractivity contribution >= 4 is 27.5 Å². The highest BCUT2D eigenvalue weighted by Crippen LogP contribution is 2.24. The lowest BCUT2D eigenvalue weighted by atomic mass is 10.1. The van der Waals surface area contributed by atoms with Crippen molar-refractivity contribution in [2.45, 2.75) is 0 Å². The van der Waals surface area contributed by atoms with Crippen molar-refractivity contribution in [2.75, 3.05) is 0 Å². The van der Waals surface area contributed by atoms with Gasteiger partial charge in [-0.25, -0.2) is 0 Å². The van der Waals surface area contributed by atoms with Gasteiger partial charge in [-0.1, -0.05) is 11.8 Å². The van der Waals surface area contributed by atoms with E-state index in [-0.39, 0.29) is 0 Å². The molecule has 1 saturated carbocycles. The third-order valence-corrected chi connectivity index (χ3v) is 3.32. The highest BCUT2D eigenvalue weighted by Gasteiger charge is 2.15. The second-order valence-electron chi connectivity index (χ2n) is 2.71. The molecule has 0 saturated heterocycles. The molecule has 0 spiro atoms. The van der Waals surface area contributed by atoms with Gasteiger partial charge in [0.2, 0.25) is 0 Å². The first-order valence-electron chi connectivity index (χ1n) is 4.10. The molecule has 5 radical (unpaired) electrons. The number of nitriles is 1. The summed E-state index contributed by atoms with van der Waals surface area (Å²) in [5, 5.41) is 8.86. The van der Waals surface area contributed by atoms with Gasteiger partial charge >= 0.3 is 0 Å². The van der Waals surface area contributed by atoms with E-state index in [4.69, 9.17) is 5.26 Å². The third kappa shape index (κ3) is 2.40. The summed E-state index contributed by atoms with van der Waals surface area (Å²) in [7, 11) is 0. The minimum Gasteiger partial charge on any atom is -0.192 e. The van der Waals surface area contributed by atoms with Gasteiger partial charge in [0.15, 0.2) is 0 Å². The smallest absolute Gasteiger partial charge is 0.139 e. The van der Waals surface area contributed by atoms with Gasteiger partial charge in [0.05, 0.1) is 5.92 Å². The Labute approximate surface area is 102 Å². The van der Waals surface area contributed by atoms with Crippen molar-refractivity contribution in [2.24, 2.45) is 0 Å². The van der Waals surface area contributed by atoms with E-state index in [0.717, 1.165) is 5.92 Å². The number of rotatable bonds is 0. The first-order chi connectivity index (χ1) is 7.31. The van der Waals surface area contributed by atoms with Crippen molar-refractivity contribution in [3.8, 4) is 17.9 Å². The van der Waals surface area contributed by atoms with Crippen LogP contribution >= 0.6 is 27.5 Å². The largest absolute Gasteiger partial charge is 0.192 e. The molecule has 15 heavy (non-hydrogen) atoms. The Balaban J connectivity index is 2.19. The van der Waals surface area contributed by atoms with Crippen LogP contribution in [0.2, 0.25) is 0 Å². The van der Waals surface area contributed by atoms with Crippen molar-refractivity contribution in [1.82, 2.24) is 4.37 Å². The number of hydrogen-bond donors (Lipinski definition) is 0. The summed E-state index contributed by atoms with van der Waals surface area (Å²) in [4.78, 5) is 0.700. The highest BCUT2D eigenvalue weighted by atomic mass is 79.9. The first kappa shape index (κ1) is 10.7. The van der Waals surface area contributed by atoms with E-state index in [0.29, 0.717) is 15.0 Å². The van der Waals surface area contributed by atoms with E-state index in [1.54, 1.807) is 0 Å². The molecule has 71 valence electrons. The van der Waals surface area contributed by atoms with Gasteiger partial charge in [0.1, 0.15) is 21.1 Å². The second kappa shape index (κ2) is 4.79. The molecule has 0 bridgehead atoms. The van der Waals surface area contributed by atoms with Crippen molar-refractivity contribution in [1.29, 1.82) is 5.26 Å². The standard InChI is InChI=1S/C11H4BrN2S/c12-11-9(7-13)10(15-14-11)6-5-8-3-1-2-4-8/h1-4H. The Morgan fingerprint density at radius 2 is 2.00 bits per heavy atom. The van der Waals surface area contributed by atoms with Crippen molar-refractivity contribution in [3.05, 3.63) is 46.6 Å². The molecule has 0 unspecified atom stereocenters. The zero-order valence-corrected chi connectivity index (χ0v) is 9.89. The van der Waals surface area contributed by atoms with E-state index in [2.05, 4.69) is 38.2 Å². The Morgan fingerprint density at radius 3 is 2.67 bits per heavy atom. The summed E-state index contributed by atoms with van der Waals surface area (Å²) in [6, 6.07) is 2.07. The van der Waals surface area contributed by atoms with Crippen molar-refractivity contribution in [3.63, 3.8) is 0 Å². The molecule has 0 atom stereocenters. The fraction of sp³-hybridized carbons (Fsp3) is 0. The molecule has 0 aromatic carbocycles. The molecule has 1 aromatic rings. The molecule has 1 aromatic heterocycles. The summed E-state index contributed by atoms with van der Waals surface area (Å²) in [5.41, 5.74) is 0.513. The van der Waals surface area contributed by atoms with Crippen LogP contribution in [0, 0.1) is 54.8 Å². The lowest BCUT2D eigenvalue weighted by Crippen LogP contribution is -1.85. The van der Waals surface area contributed by atoms with E-state index >= 15 is 0 Å². The van der Waals surface area contributed by atoms with Gasteiger partial charge in [0, 0.05) is 0 Å². The minimum absolute atomic E-state index is 0.513. The molecule has 4 heteroatoms. The van der Waals surface area contributed by atoms with Crippen LogP contribution in [0.1, 0.15) is 10.4 Å². The zero-order valence-electron chi connectivity index (χ0n) is 7.49. The lowest BCUT2D eigenvalue weighted by Gasteiger charge is -1.91. The van der Waals surface area contributed by atoms with Crippen LogP contribution in [-0.4, -0.2) is 4.37 Å². The SMILES string of the molecule is N#Cc1c(Br)nsc1C#C[C]1[CH][CH][CH][CH]1. The first-order valence-corrected chi connectivity index (χ1v) is 5.67. The zero-order chi connectivity index (χ0) is 10.7. The van der Waals surface area contributed by atoms with Gasteiger partial charge in [-0.15, -0.1) is 0 Å². The predicted octanol–water partition coefficient (Wildman–Crippen LogP) is 2.53. The monoisotopic (exact) mass is 275 g/mol. The molecule has 2 rings (SSSR count). The van der Waals surface area contributed by atoms with E-state index in [1.807, 2.05) is 25.7 Å². The fourth-order valence-electron chi connectivity index (χ4n) is 1.04. The number of halogens is 1. The Kier molecular flexibility index (Phi) is 3.41. The maximum atomic E-state index is 8.86. The van der Waals surface area contributed by atoms with Crippen LogP contribution in [0.5, 0.6) is 0 Å². The molecule has 1 heterocycles. The van der Waals surface area contributed by atoms with Crippen LogP contribution in [0.3, 0.4) is 0 Å². The van der Waals surface area contributed by atoms with Crippen LogP contribution < -0.4 is 0 Å². The summed E-state index contributed by atoms with van der Waals surface area (Å²) >= 11 is 4.43. The normalized spacial score (nSPS) is 15.7. The van der Waals surface area contributed by atoms with E-state index < -0.39 is 0 Å². The molecule has 1 aliphatic carbocycles.